The van der Waals surface area contributed by atoms with Gasteiger partial charge in [0.05, 0.1) is 6.20 Å². The Bertz CT molecular complexity index is 773. The van der Waals surface area contributed by atoms with Gasteiger partial charge < -0.3 is 9.84 Å². The van der Waals surface area contributed by atoms with Crippen molar-refractivity contribution in [3.8, 4) is 11.8 Å². The summed E-state index contributed by atoms with van der Waals surface area (Å²) in [6, 6.07) is 11.1. The van der Waals surface area contributed by atoms with Crippen molar-refractivity contribution in [3.05, 3.63) is 66.1 Å². The van der Waals surface area contributed by atoms with Gasteiger partial charge in [0.1, 0.15) is 12.2 Å². The zero-order valence-electron chi connectivity index (χ0n) is 11.5. The first-order valence-electron chi connectivity index (χ1n) is 6.51. The fourth-order valence-electron chi connectivity index (χ4n) is 1.84. The van der Waals surface area contributed by atoms with Gasteiger partial charge in [-0.15, -0.1) is 0 Å². The summed E-state index contributed by atoms with van der Waals surface area (Å²) < 4.78 is 6.98. The second-order valence-electron chi connectivity index (χ2n) is 4.42. The molecule has 0 bridgehead atoms. The lowest BCUT2D eigenvalue weighted by atomic mass is 10.2. The monoisotopic (exact) mass is 296 g/mol. The van der Waals surface area contributed by atoms with Gasteiger partial charge in [0.2, 0.25) is 5.88 Å². The second kappa shape index (κ2) is 6.04. The van der Waals surface area contributed by atoms with E-state index in [2.05, 4.69) is 15.1 Å². The van der Waals surface area contributed by atoms with Crippen molar-refractivity contribution in [2.75, 3.05) is 0 Å². The standard InChI is InChI=1S/C15H12N4O3/c20-14(21)12-9-16-15(19-8-4-7-17-19)18-13(12)22-10-11-5-2-1-3-6-11/h1-9H,10H2,(H,20,21). The van der Waals surface area contributed by atoms with E-state index in [0.717, 1.165) is 5.56 Å². The summed E-state index contributed by atoms with van der Waals surface area (Å²) in [5, 5.41) is 13.2. The SMILES string of the molecule is O=C(O)c1cnc(-n2cccn2)nc1OCc1ccccc1. The van der Waals surface area contributed by atoms with E-state index in [1.807, 2.05) is 30.3 Å². The molecule has 3 rings (SSSR count). The van der Waals surface area contributed by atoms with Crippen LogP contribution in [0.2, 0.25) is 0 Å². The highest BCUT2D eigenvalue weighted by Crippen LogP contribution is 2.17. The van der Waals surface area contributed by atoms with Gasteiger partial charge in [0.15, 0.2) is 0 Å². The van der Waals surface area contributed by atoms with Crippen molar-refractivity contribution in [1.82, 2.24) is 19.7 Å². The minimum Gasteiger partial charge on any atom is -0.477 e. The van der Waals surface area contributed by atoms with Gasteiger partial charge in [-0.25, -0.2) is 14.5 Å². The molecule has 1 aromatic carbocycles. The molecular formula is C15H12N4O3. The van der Waals surface area contributed by atoms with Gasteiger partial charge >= 0.3 is 5.97 Å². The zero-order chi connectivity index (χ0) is 15.4. The number of hydrogen-bond donors (Lipinski definition) is 1. The van der Waals surface area contributed by atoms with Crippen LogP contribution in [0.25, 0.3) is 5.95 Å². The van der Waals surface area contributed by atoms with Crippen LogP contribution in [0.3, 0.4) is 0 Å². The highest BCUT2D eigenvalue weighted by molar-refractivity contribution is 5.89. The van der Waals surface area contributed by atoms with Crippen molar-refractivity contribution in [3.63, 3.8) is 0 Å². The van der Waals surface area contributed by atoms with Crippen molar-refractivity contribution in [2.24, 2.45) is 0 Å². The molecule has 0 fully saturated rings. The Hall–Kier alpha value is -3.22. The molecule has 2 heterocycles. The Kier molecular flexibility index (Phi) is 3.78. The fourth-order valence-corrected chi connectivity index (χ4v) is 1.84. The van der Waals surface area contributed by atoms with E-state index >= 15 is 0 Å². The Balaban J connectivity index is 1.89. The topological polar surface area (TPSA) is 90.1 Å². The van der Waals surface area contributed by atoms with Gasteiger partial charge in [0, 0.05) is 12.4 Å². The largest absolute Gasteiger partial charge is 0.477 e. The molecule has 0 saturated carbocycles. The first kappa shape index (κ1) is 13.7. The molecule has 2 aromatic heterocycles. The quantitative estimate of drug-likeness (QED) is 0.773. The lowest BCUT2D eigenvalue weighted by Crippen LogP contribution is -2.10. The third-order valence-electron chi connectivity index (χ3n) is 2.90. The molecule has 1 N–H and O–H groups in total. The summed E-state index contributed by atoms with van der Waals surface area (Å²) in [7, 11) is 0. The van der Waals surface area contributed by atoms with E-state index in [9.17, 15) is 9.90 Å². The van der Waals surface area contributed by atoms with E-state index in [0.29, 0.717) is 0 Å². The summed E-state index contributed by atoms with van der Waals surface area (Å²) in [5.74, 6) is -0.884. The first-order valence-corrected chi connectivity index (χ1v) is 6.51. The molecule has 0 aliphatic rings. The minimum absolute atomic E-state index is 0.0110. The fraction of sp³-hybridized carbons (Fsp3) is 0.0667. The number of rotatable bonds is 5. The highest BCUT2D eigenvalue weighted by Gasteiger charge is 2.16. The highest BCUT2D eigenvalue weighted by atomic mass is 16.5. The molecule has 0 unspecified atom stereocenters. The van der Waals surface area contributed by atoms with Crippen LogP contribution in [0.1, 0.15) is 15.9 Å². The third-order valence-corrected chi connectivity index (χ3v) is 2.90. The number of ether oxygens (including phenoxy) is 1. The van der Waals surface area contributed by atoms with E-state index < -0.39 is 5.97 Å². The minimum atomic E-state index is -1.14. The number of aromatic nitrogens is 4. The molecule has 7 nitrogen and oxygen atoms in total. The smallest absolute Gasteiger partial charge is 0.342 e. The van der Waals surface area contributed by atoms with Crippen LogP contribution in [0.15, 0.2) is 55.0 Å². The Labute approximate surface area is 125 Å². The molecule has 7 heteroatoms. The molecular weight excluding hydrogens is 284 g/mol. The van der Waals surface area contributed by atoms with Gasteiger partial charge in [-0.2, -0.15) is 10.1 Å². The molecule has 0 atom stereocenters. The van der Waals surface area contributed by atoms with Gasteiger partial charge in [-0.05, 0) is 11.6 Å². The number of carboxylic acid groups (broad SMARTS) is 1. The van der Waals surface area contributed by atoms with Crippen LogP contribution in [0.5, 0.6) is 5.88 Å². The molecule has 3 aromatic rings. The number of carboxylic acids is 1. The van der Waals surface area contributed by atoms with E-state index in [-0.39, 0.29) is 24.0 Å². The van der Waals surface area contributed by atoms with Crippen molar-refractivity contribution in [2.45, 2.75) is 6.61 Å². The maximum Gasteiger partial charge on any atom is 0.342 e. The molecule has 0 aliphatic heterocycles. The maximum absolute atomic E-state index is 11.2. The van der Waals surface area contributed by atoms with E-state index in [1.54, 1.807) is 18.5 Å². The number of hydrogen-bond acceptors (Lipinski definition) is 5. The second-order valence-corrected chi connectivity index (χ2v) is 4.42. The van der Waals surface area contributed by atoms with Crippen LogP contribution < -0.4 is 4.74 Å². The van der Waals surface area contributed by atoms with E-state index in [4.69, 9.17) is 4.74 Å². The number of carbonyl (C=O) groups is 1. The van der Waals surface area contributed by atoms with Crippen molar-refractivity contribution < 1.29 is 14.6 Å². The molecule has 0 radical (unpaired) electrons. The molecule has 110 valence electrons. The first-order chi connectivity index (χ1) is 10.7. The number of nitrogens with zero attached hydrogens (tertiary/aromatic N) is 4. The van der Waals surface area contributed by atoms with Crippen LogP contribution in [-0.2, 0) is 6.61 Å². The molecule has 0 aliphatic carbocycles. The van der Waals surface area contributed by atoms with Gasteiger partial charge in [-0.3, -0.25) is 0 Å². The van der Waals surface area contributed by atoms with Gasteiger partial charge in [0.25, 0.3) is 5.95 Å². The average molecular weight is 296 g/mol. The Morgan fingerprint density at radius 2 is 2.05 bits per heavy atom. The van der Waals surface area contributed by atoms with E-state index in [1.165, 1.54) is 10.9 Å². The summed E-state index contributed by atoms with van der Waals surface area (Å²) in [6.07, 6.45) is 4.46. The lowest BCUT2D eigenvalue weighted by Gasteiger charge is -2.09. The summed E-state index contributed by atoms with van der Waals surface area (Å²) in [4.78, 5) is 19.4. The third kappa shape index (κ3) is 2.93. The summed E-state index contributed by atoms with van der Waals surface area (Å²) >= 11 is 0. The van der Waals surface area contributed by atoms with Gasteiger partial charge in [-0.1, -0.05) is 30.3 Å². The lowest BCUT2D eigenvalue weighted by molar-refractivity contribution is 0.0690. The van der Waals surface area contributed by atoms with Crippen LogP contribution >= 0.6 is 0 Å². The predicted octanol–water partition coefficient (Wildman–Crippen LogP) is 1.94. The zero-order valence-corrected chi connectivity index (χ0v) is 11.5. The Morgan fingerprint density at radius 1 is 1.23 bits per heavy atom. The molecule has 22 heavy (non-hydrogen) atoms. The molecule has 0 amide bonds. The maximum atomic E-state index is 11.2. The van der Waals surface area contributed by atoms with Crippen LogP contribution in [-0.4, -0.2) is 30.8 Å². The molecule has 0 saturated heterocycles. The number of aromatic carboxylic acids is 1. The predicted molar refractivity (Wildman–Crippen MR) is 76.9 cm³/mol. The average Bonchev–Trinajstić information content (AvgIpc) is 3.08. The number of benzene rings is 1. The van der Waals surface area contributed by atoms with Crippen LogP contribution in [0.4, 0.5) is 0 Å². The Morgan fingerprint density at radius 3 is 2.73 bits per heavy atom. The van der Waals surface area contributed by atoms with Crippen molar-refractivity contribution >= 4 is 5.97 Å². The summed E-state index contributed by atoms with van der Waals surface area (Å²) in [5.41, 5.74) is 0.824. The summed E-state index contributed by atoms with van der Waals surface area (Å²) in [6.45, 7) is 0.219. The normalized spacial score (nSPS) is 10.4. The van der Waals surface area contributed by atoms with Crippen molar-refractivity contribution in [1.29, 1.82) is 0 Å². The van der Waals surface area contributed by atoms with Crippen LogP contribution in [0, 0.1) is 0 Å². The molecule has 0 spiro atoms.